The van der Waals surface area contributed by atoms with Crippen LogP contribution in [0.3, 0.4) is 0 Å². The van der Waals surface area contributed by atoms with Gasteiger partial charge < -0.3 is 5.73 Å². The number of rotatable bonds is 1. The Bertz CT molecular complexity index is 378. The Hall–Kier alpha value is -0.810. The monoisotopic (exact) mass is 224 g/mol. The summed E-state index contributed by atoms with van der Waals surface area (Å²) < 4.78 is 0. The van der Waals surface area contributed by atoms with Crippen molar-refractivity contribution in [2.75, 3.05) is 19.8 Å². The van der Waals surface area contributed by atoms with Crippen LogP contribution < -0.4 is 5.73 Å². The Kier molecular flexibility index (Phi) is 2.84. The molecule has 0 bridgehead atoms. The first-order valence-electron chi connectivity index (χ1n) is 5.04. The van der Waals surface area contributed by atoms with Crippen molar-refractivity contribution in [3.63, 3.8) is 0 Å². The standard InChI is InChI=1S/C10H16N4S/c1-6-7-4-5-8(14(2)3)15-9(7)13-10(11)12-6/h8H,4-5H2,1-3H3,(H2,11,12,13). The molecule has 0 aromatic carbocycles. The third kappa shape index (κ3) is 2.08. The van der Waals surface area contributed by atoms with Crippen LogP contribution in [0, 0.1) is 6.92 Å². The lowest BCUT2D eigenvalue weighted by molar-refractivity contribution is 0.362. The van der Waals surface area contributed by atoms with Crippen molar-refractivity contribution < 1.29 is 0 Å². The maximum Gasteiger partial charge on any atom is 0.221 e. The Morgan fingerprint density at radius 2 is 2.13 bits per heavy atom. The summed E-state index contributed by atoms with van der Waals surface area (Å²) in [6.45, 7) is 2.01. The fourth-order valence-electron chi connectivity index (χ4n) is 1.80. The second kappa shape index (κ2) is 3.98. The summed E-state index contributed by atoms with van der Waals surface area (Å²) in [7, 11) is 4.19. The van der Waals surface area contributed by atoms with Crippen LogP contribution in [0.2, 0.25) is 0 Å². The molecule has 1 atom stereocenters. The number of thioether (sulfide) groups is 1. The number of nitrogen functional groups attached to an aromatic ring is 1. The summed E-state index contributed by atoms with van der Waals surface area (Å²) in [6, 6.07) is 0. The highest BCUT2D eigenvalue weighted by Crippen LogP contribution is 2.35. The Labute approximate surface area is 94.3 Å². The first-order chi connectivity index (χ1) is 7.08. The zero-order valence-electron chi connectivity index (χ0n) is 9.32. The van der Waals surface area contributed by atoms with Gasteiger partial charge >= 0.3 is 0 Å². The molecule has 0 saturated heterocycles. The van der Waals surface area contributed by atoms with E-state index in [-0.39, 0.29) is 0 Å². The molecule has 0 aliphatic carbocycles. The molecule has 0 amide bonds. The predicted molar refractivity (Wildman–Crippen MR) is 62.8 cm³/mol. The molecule has 1 aliphatic heterocycles. The summed E-state index contributed by atoms with van der Waals surface area (Å²) in [4.78, 5) is 10.7. The maximum absolute atomic E-state index is 5.66. The van der Waals surface area contributed by atoms with Gasteiger partial charge in [-0.25, -0.2) is 9.97 Å². The lowest BCUT2D eigenvalue weighted by Crippen LogP contribution is -2.28. The van der Waals surface area contributed by atoms with Gasteiger partial charge in [0, 0.05) is 11.3 Å². The van der Waals surface area contributed by atoms with E-state index in [1.165, 1.54) is 5.56 Å². The van der Waals surface area contributed by atoms with E-state index in [2.05, 4.69) is 29.0 Å². The van der Waals surface area contributed by atoms with Crippen LogP contribution in [0.1, 0.15) is 17.7 Å². The van der Waals surface area contributed by atoms with E-state index in [9.17, 15) is 0 Å². The van der Waals surface area contributed by atoms with Crippen LogP contribution in [0.15, 0.2) is 5.03 Å². The van der Waals surface area contributed by atoms with Crippen molar-refractivity contribution in [1.29, 1.82) is 0 Å². The molecule has 0 fully saturated rings. The van der Waals surface area contributed by atoms with Crippen LogP contribution in [-0.2, 0) is 6.42 Å². The molecule has 0 radical (unpaired) electrons. The van der Waals surface area contributed by atoms with Crippen molar-refractivity contribution >= 4 is 17.7 Å². The minimum atomic E-state index is 0.387. The van der Waals surface area contributed by atoms with E-state index in [1.54, 1.807) is 11.8 Å². The fourth-order valence-corrected chi connectivity index (χ4v) is 3.04. The Morgan fingerprint density at radius 3 is 2.80 bits per heavy atom. The molecule has 1 aromatic rings. The lowest BCUT2D eigenvalue weighted by atomic mass is 10.1. The molecule has 1 unspecified atom stereocenters. The van der Waals surface area contributed by atoms with Crippen LogP contribution in [0.5, 0.6) is 0 Å². The average Bonchev–Trinajstić information content (AvgIpc) is 2.16. The molecular weight excluding hydrogens is 208 g/mol. The van der Waals surface area contributed by atoms with Gasteiger partial charge in [-0.1, -0.05) is 11.8 Å². The van der Waals surface area contributed by atoms with E-state index < -0.39 is 0 Å². The molecule has 5 heteroatoms. The van der Waals surface area contributed by atoms with Gasteiger partial charge in [0.25, 0.3) is 0 Å². The number of aromatic nitrogens is 2. The lowest BCUT2D eigenvalue weighted by Gasteiger charge is -2.28. The second-order valence-corrected chi connectivity index (χ2v) is 5.19. The number of anilines is 1. The van der Waals surface area contributed by atoms with Gasteiger partial charge in [-0.15, -0.1) is 0 Å². The third-order valence-electron chi connectivity index (χ3n) is 2.66. The zero-order valence-corrected chi connectivity index (χ0v) is 10.1. The number of nitrogens with zero attached hydrogens (tertiary/aromatic N) is 3. The molecule has 2 heterocycles. The SMILES string of the molecule is Cc1nc(N)nc2c1CCC(N(C)C)S2. The van der Waals surface area contributed by atoms with Gasteiger partial charge in [0.05, 0.1) is 5.37 Å². The van der Waals surface area contributed by atoms with Crippen molar-refractivity contribution in [3.05, 3.63) is 11.3 Å². The molecule has 82 valence electrons. The summed E-state index contributed by atoms with van der Waals surface area (Å²) in [5.41, 5.74) is 7.96. The van der Waals surface area contributed by atoms with E-state index in [1.807, 2.05) is 6.92 Å². The van der Waals surface area contributed by atoms with E-state index >= 15 is 0 Å². The number of fused-ring (bicyclic) bond motifs is 1. The zero-order chi connectivity index (χ0) is 11.0. The summed E-state index contributed by atoms with van der Waals surface area (Å²) >= 11 is 1.79. The van der Waals surface area contributed by atoms with Gasteiger partial charge in [0.1, 0.15) is 5.03 Å². The van der Waals surface area contributed by atoms with Gasteiger partial charge in [-0.05, 0) is 33.9 Å². The highest BCUT2D eigenvalue weighted by Gasteiger charge is 2.24. The molecular formula is C10H16N4S. The molecule has 15 heavy (non-hydrogen) atoms. The van der Waals surface area contributed by atoms with Gasteiger partial charge in [0.15, 0.2) is 0 Å². The van der Waals surface area contributed by atoms with Crippen molar-refractivity contribution in [2.24, 2.45) is 0 Å². The number of hydrogen-bond donors (Lipinski definition) is 1. The first kappa shape index (κ1) is 10.7. The normalized spacial score (nSPS) is 20.4. The molecule has 1 aliphatic rings. The van der Waals surface area contributed by atoms with Gasteiger partial charge in [0.2, 0.25) is 5.95 Å². The summed E-state index contributed by atoms with van der Waals surface area (Å²) in [5.74, 6) is 0.387. The van der Waals surface area contributed by atoms with Crippen LogP contribution in [-0.4, -0.2) is 34.3 Å². The maximum atomic E-state index is 5.66. The minimum absolute atomic E-state index is 0.387. The van der Waals surface area contributed by atoms with Crippen LogP contribution >= 0.6 is 11.8 Å². The number of aryl methyl sites for hydroxylation is 1. The smallest absolute Gasteiger partial charge is 0.221 e. The molecule has 0 saturated carbocycles. The second-order valence-electron chi connectivity index (χ2n) is 4.03. The molecule has 1 aromatic heterocycles. The van der Waals surface area contributed by atoms with E-state index in [0.29, 0.717) is 11.3 Å². The van der Waals surface area contributed by atoms with Crippen molar-refractivity contribution in [3.8, 4) is 0 Å². The fraction of sp³-hybridized carbons (Fsp3) is 0.600. The molecule has 2 rings (SSSR count). The third-order valence-corrected chi connectivity index (χ3v) is 4.15. The van der Waals surface area contributed by atoms with Crippen molar-refractivity contribution in [2.45, 2.75) is 30.2 Å². The van der Waals surface area contributed by atoms with Crippen LogP contribution in [0.25, 0.3) is 0 Å². The first-order valence-corrected chi connectivity index (χ1v) is 5.92. The number of hydrogen-bond acceptors (Lipinski definition) is 5. The summed E-state index contributed by atoms with van der Waals surface area (Å²) in [5, 5.41) is 1.57. The highest BCUT2D eigenvalue weighted by molar-refractivity contribution is 7.99. The van der Waals surface area contributed by atoms with E-state index in [0.717, 1.165) is 23.6 Å². The summed E-state index contributed by atoms with van der Waals surface area (Å²) in [6.07, 6.45) is 2.20. The number of nitrogens with two attached hydrogens (primary N) is 1. The largest absolute Gasteiger partial charge is 0.368 e. The molecule has 2 N–H and O–H groups in total. The highest BCUT2D eigenvalue weighted by atomic mass is 32.2. The van der Waals surface area contributed by atoms with Gasteiger partial charge in [-0.2, -0.15) is 0 Å². The van der Waals surface area contributed by atoms with E-state index in [4.69, 9.17) is 5.73 Å². The Morgan fingerprint density at radius 1 is 1.40 bits per heavy atom. The Balaban J connectivity index is 2.33. The molecule has 4 nitrogen and oxygen atoms in total. The average molecular weight is 224 g/mol. The molecule has 0 spiro atoms. The topological polar surface area (TPSA) is 55.0 Å². The van der Waals surface area contributed by atoms with Crippen LogP contribution in [0.4, 0.5) is 5.95 Å². The minimum Gasteiger partial charge on any atom is -0.368 e. The van der Waals surface area contributed by atoms with Gasteiger partial charge in [-0.3, -0.25) is 4.90 Å². The van der Waals surface area contributed by atoms with Crippen molar-refractivity contribution in [1.82, 2.24) is 14.9 Å². The quantitative estimate of drug-likeness (QED) is 0.729. The predicted octanol–water partition coefficient (Wildman–Crippen LogP) is 1.29.